The number of hydrogen-bond acceptors (Lipinski definition) is 8. The third kappa shape index (κ3) is 8.21. The van der Waals surface area contributed by atoms with E-state index in [0.29, 0.717) is 42.0 Å². The molecule has 0 aromatic rings. The van der Waals surface area contributed by atoms with Gasteiger partial charge in [0.2, 0.25) is 8.32 Å². The highest BCUT2D eigenvalue weighted by atomic mass is 32.1. The molecule has 0 aromatic carbocycles. The second kappa shape index (κ2) is 12.5. The van der Waals surface area contributed by atoms with Gasteiger partial charge in [0, 0.05) is 33.8 Å². The molecule has 150 valence electrons. The molecule has 26 heavy (non-hydrogen) atoms. The van der Waals surface area contributed by atoms with Crippen molar-refractivity contribution in [2.75, 3.05) is 40.7 Å². The zero-order chi connectivity index (χ0) is 20.2. The lowest BCUT2D eigenvalue weighted by molar-refractivity contribution is -0.153. The first kappa shape index (κ1) is 25.1. The summed E-state index contributed by atoms with van der Waals surface area (Å²) in [6.45, 7) is 7.00. The maximum absolute atomic E-state index is 12.9. The molecule has 0 aliphatic heterocycles. The van der Waals surface area contributed by atoms with E-state index >= 15 is 0 Å². The van der Waals surface area contributed by atoms with Crippen molar-refractivity contribution < 1.29 is 28.2 Å². The number of methoxy groups -OCH3 is 3. The Bertz CT molecular complexity index is 531. The SMILES string of the molecule is CCO[Si](C)(C)COC(=O)C(=C(CCCN=C=S)OC)C([SiH3])(OC)OC. The Labute approximate surface area is 165 Å². The molecule has 0 aliphatic rings. The van der Waals surface area contributed by atoms with Crippen molar-refractivity contribution in [3.8, 4) is 0 Å². The van der Waals surface area contributed by atoms with Crippen molar-refractivity contribution in [1.29, 1.82) is 0 Å². The van der Waals surface area contributed by atoms with E-state index in [-0.39, 0.29) is 11.8 Å². The number of thiocarbonyl (C=S) groups is 1. The fourth-order valence-electron chi connectivity index (χ4n) is 2.28. The highest BCUT2D eigenvalue weighted by Crippen LogP contribution is 2.27. The highest BCUT2D eigenvalue weighted by Gasteiger charge is 2.39. The normalized spacial score (nSPS) is 13.0. The van der Waals surface area contributed by atoms with E-state index in [9.17, 15) is 4.79 Å². The maximum atomic E-state index is 12.9. The van der Waals surface area contributed by atoms with Crippen LogP contribution in [0.2, 0.25) is 13.1 Å². The Balaban J connectivity index is 5.59. The fourth-order valence-corrected chi connectivity index (χ4v) is 4.20. The van der Waals surface area contributed by atoms with Crippen molar-refractivity contribution >= 4 is 41.9 Å². The van der Waals surface area contributed by atoms with Gasteiger partial charge < -0.3 is 23.4 Å². The minimum Gasteiger partial charge on any atom is -0.500 e. The summed E-state index contributed by atoms with van der Waals surface area (Å²) < 4.78 is 27.7. The first-order chi connectivity index (χ1) is 12.2. The predicted molar refractivity (Wildman–Crippen MR) is 110 cm³/mol. The number of carbonyl (C=O) groups is 1. The van der Waals surface area contributed by atoms with Crippen molar-refractivity contribution in [3.05, 3.63) is 11.3 Å². The lowest BCUT2D eigenvalue weighted by Crippen LogP contribution is -2.44. The molecule has 0 bridgehead atoms. The number of nitrogens with zero attached hydrogens (tertiary/aromatic N) is 1. The van der Waals surface area contributed by atoms with Crippen molar-refractivity contribution in [2.45, 2.75) is 38.3 Å². The molecule has 0 aromatic heterocycles. The van der Waals surface area contributed by atoms with Crippen LogP contribution in [0.15, 0.2) is 16.3 Å². The number of aliphatic imine (C=N–C) groups is 1. The number of esters is 1. The van der Waals surface area contributed by atoms with Crippen LogP contribution in [0.3, 0.4) is 0 Å². The van der Waals surface area contributed by atoms with Gasteiger partial charge >= 0.3 is 5.97 Å². The molecular formula is C16H31NO6SSi2. The zero-order valence-corrected chi connectivity index (χ0v) is 20.7. The third-order valence-corrected chi connectivity index (χ3v) is 7.14. The molecule has 0 atom stereocenters. The van der Waals surface area contributed by atoms with E-state index in [1.165, 1.54) is 21.3 Å². The molecular weight excluding hydrogens is 390 g/mol. The summed E-state index contributed by atoms with van der Waals surface area (Å²) in [5.74, 6) is -0.0525. The van der Waals surface area contributed by atoms with Gasteiger partial charge in [-0.05, 0) is 38.7 Å². The molecule has 0 radical (unpaired) electrons. The Kier molecular flexibility index (Phi) is 12.1. The zero-order valence-electron chi connectivity index (χ0n) is 16.8. The predicted octanol–water partition coefficient (Wildman–Crippen LogP) is 1.41. The second-order valence-electron chi connectivity index (χ2n) is 6.20. The molecule has 7 nitrogen and oxygen atoms in total. The Morgan fingerprint density at radius 2 is 1.88 bits per heavy atom. The number of allylic oxidation sites excluding steroid dienone is 1. The van der Waals surface area contributed by atoms with E-state index in [1.807, 2.05) is 20.0 Å². The van der Waals surface area contributed by atoms with Crippen LogP contribution in [0.1, 0.15) is 19.8 Å². The molecule has 0 fully saturated rings. The van der Waals surface area contributed by atoms with Crippen LogP contribution >= 0.6 is 12.2 Å². The molecule has 0 saturated heterocycles. The van der Waals surface area contributed by atoms with Gasteiger partial charge in [0.15, 0.2) is 5.41 Å². The minimum absolute atomic E-state index is 0.237. The van der Waals surface area contributed by atoms with Crippen LogP contribution in [0.5, 0.6) is 0 Å². The highest BCUT2D eigenvalue weighted by molar-refractivity contribution is 7.78. The van der Waals surface area contributed by atoms with Crippen LogP contribution in [0.25, 0.3) is 0 Å². The molecule has 0 rings (SSSR count). The Morgan fingerprint density at radius 1 is 1.27 bits per heavy atom. The first-order valence-electron chi connectivity index (χ1n) is 8.44. The van der Waals surface area contributed by atoms with Crippen molar-refractivity contribution in [1.82, 2.24) is 0 Å². The van der Waals surface area contributed by atoms with Gasteiger partial charge in [0.1, 0.15) is 17.6 Å². The smallest absolute Gasteiger partial charge is 0.342 e. The quantitative estimate of drug-likeness (QED) is 0.0650. The largest absolute Gasteiger partial charge is 0.500 e. The van der Waals surface area contributed by atoms with E-state index in [1.54, 1.807) is 0 Å². The third-order valence-electron chi connectivity index (χ3n) is 3.79. The summed E-state index contributed by atoms with van der Waals surface area (Å²) >= 11 is 4.56. The molecule has 0 heterocycles. The average molecular weight is 422 g/mol. The van der Waals surface area contributed by atoms with Crippen molar-refractivity contribution in [2.24, 2.45) is 4.99 Å². The monoisotopic (exact) mass is 421 g/mol. The van der Waals surface area contributed by atoms with E-state index in [4.69, 9.17) is 23.4 Å². The second-order valence-corrected chi connectivity index (χ2v) is 11.8. The van der Waals surface area contributed by atoms with E-state index in [2.05, 4.69) is 22.4 Å². The van der Waals surface area contributed by atoms with Crippen LogP contribution in [0.4, 0.5) is 0 Å². The topological polar surface area (TPSA) is 75.6 Å². The fraction of sp³-hybridized carbons (Fsp3) is 0.750. The van der Waals surface area contributed by atoms with Crippen LogP contribution in [-0.2, 0) is 28.2 Å². The first-order valence-corrected chi connectivity index (χ1v) is 13.0. The number of ether oxygens (including phenoxy) is 4. The summed E-state index contributed by atoms with van der Waals surface area (Å²) in [5, 5.41) is 2.32. The minimum atomic E-state index is -2.08. The van der Waals surface area contributed by atoms with Gasteiger partial charge in [0.05, 0.1) is 22.5 Å². The molecule has 0 spiro atoms. The van der Waals surface area contributed by atoms with Crippen LogP contribution in [0, 0.1) is 0 Å². The maximum Gasteiger partial charge on any atom is 0.342 e. The molecule has 0 amide bonds. The van der Waals surface area contributed by atoms with E-state index in [0.717, 1.165) is 0 Å². The van der Waals surface area contributed by atoms with Crippen LogP contribution < -0.4 is 0 Å². The van der Waals surface area contributed by atoms with Gasteiger partial charge in [-0.2, -0.15) is 0 Å². The van der Waals surface area contributed by atoms with Gasteiger partial charge in [-0.15, -0.1) is 0 Å². The summed E-state index contributed by atoms with van der Waals surface area (Å²) in [5.41, 5.74) is -0.906. The summed E-state index contributed by atoms with van der Waals surface area (Å²) in [6.07, 6.45) is 1.36. The summed E-state index contributed by atoms with van der Waals surface area (Å²) in [6, 6.07) is 0. The number of carbonyl (C=O) groups excluding carboxylic acids is 1. The molecule has 0 N–H and O–H groups in total. The number of isothiocyanates is 1. The lowest BCUT2D eigenvalue weighted by atomic mass is 10.1. The summed E-state index contributed by atoms with van der Waals surface area (Å²) in [7, 11) is 2.82. The van der Waals surface area contributed by atoms with Gasteiger partial charge in [-0.25, -0.2) is 9.79 Å². The van der Waals surface area contributed by atoms with Gasteiger partial charge in [0.25, 0.3) is 0 Å². The van der Waals surface area contributed by atoms with Gasteiger partial charge in [-0.1, -0.05) is 0 Å². The Hall–Kier alpha value is -0.876. The Morgan fingerprint density at radius 3 is 2.35 bits per heavy atom. The van der Waals surface area contributed by atoms with Crippen LogP contribution in [-0.4, -0.2) is 75.8 Å². The molecule has 0 aliphatic carbocycles. The molecule has 0 saturated carbocycles. The standard InChI is InChI=1S/C16H31NO6SSi2/c1-7-23-26(5,6)12-22-15(18)14(16(25,20-3)21-4)13(19-2)9-8-10-17-11-24/h7-10,12H2,1-6,25H3. The summed E-state index contributed by atoms with van der Waals surface area (Å²) in [4.78, 5) is 16.7. The van der Waals surface area contributed by atoms with E-state index < -0.39 is 19.7 Å². The molecule has 0 unspecified atom stereocenters. The van der Waals surface area contributed by atoms with Crippen molar-refractivity contribution in [3.63, 3.8) is 0 Å². The lowest BCUT2D eigenvalue weighted by Gasteiger charge is -2.31. The average Bonchev–Trinajstić information content (AvgIpc) is 2.61. The van der Waals surface area contributed by atoms with Gasteiger partial charge in [-0.3, -0.25) is 0 Å². The molecule has 10 heteroatoms. The number of hydrogen-bond donors (Lipinski definition) is 0. The number of rotatable bonds is 13.